The van der Waals surface area contributed by atoms with Crippen molar-refractivity contribution in [3.63, 3.8) is 0 Å². The number of carbonyl (C=O) groups is 1. The molecule has 2 unspecified atom stereocenters. The molecule has 0 bridgehead atoms. The summed E-state index contributed by atoms with van der Waals surface area (Å²) in [5, 5.41) is 23.2. The minimum absolute atomic E-state index is 0.0661. The summed E-state index contributed by atoms with van der Waals surface area (Å²) in [6.45, 7) is 4.34. The van der Waals surface area contributed by atoms with E-state index in [0.717, 1.165) is 32.1 Å². The monoisotopic (exact) mass is 886 g/mol. The number of carbonyl (C=O) groups excluding carboxylic acids is 1. The highest BCUT2D eigenvalue weighted by atomic mass is 16.3. The maximum Gasteiger partial charge on any atom is 0.220 e. The summed E-state index contributed by atoms with van der Waals surface area (Å²) in [5.74, 6) is -0.0661. The number of hydrogen-bond acceptors (Lipinski definition) is 3. The molecule has 0 heterocycles. The lowest BCUT2D eigenvalue weighted by Crippen LogP contribution is -2.45. The molecule has 0 saturated carbocycles. The Bertz CT molecular complexity index is 916. The van der Waals surface area contributed by atoms with Crippen molar-refractivity contribution >= 4 is 5.91 Å². The molecule has 0 aliphatic carbocycles. The van der Waals surface area contributed by atoms with Crippen LogP contribution in [0.3, 0.4) is 0 Å². The van der Waals surface area contributed by atoms with Crippen molar-refractivity contribution < 1.29 is 15.0 Å². The van der Waals surface area contributed by atoms with E-state index in [4.69, 9.17) is 0 Å². The Hall–Kier alpha value is -1.13. The SMILES string of the molecule is CCCCCCCCCCCCCCCCCCCCC/C=C/CC/C=C/C(O)C(CO)NC(=O)CCCCCCCCCCCCCCCCCCCCCCCCCCCC. The Morgan fingerprint density at radius 3 is 0.921 bits per heavy atom. The lowest BCUT2D eigenvalue weighted by atomic mass is 10.0. The van der Waals surface area contributed by atoms with Gasteiger partial charge in [0.05, 0.1) is 18.8 Å². The zero-order valence-corrected chi connectivity index (χ0v) is 43.1. The van der Waals surface area contributed by atoms with Crippen molar-refractivity contribution in [1.29, 1.82) is 0 Å². The van der Waals surface area contributed by atoms with Gasteiger partial charge in [-0.25, -0.2) is 0 Å². The van der Waals surface area contributed by atoms with Gasteiger partial charge in [0.25, 0.3) is 0 Å². The number of nitrogens with one attached hydrogen (secondary N) is 1. The van der Waals surface area contributed by atoms with E-state index < -0.39 is 12.1 Å². The molecule has 0 radical (unpaired) electrons. The molecule has 4 nitrogen and oxygen atoms in total. The summed E-state index contributed by atoms with van der Waals surface area (Å²) < 4.78 is 0. The van der Waals surface area contributed by atoms with Crippen molar-refractivity contribution in [3.8, 4) is 0 Å². The lowest BCUT2D eigenvalue weighted by Gasteiger charge is -2.19. The van der Waals surface area contributed by atoms with Crippen LogP contribution in [0.1, 0.15) is 328 Å². The molecule has 0 aliphatic rings. The molecule has 0 aromatic carbocycles. The molecular weight excluding hydrogens is 771 g/mol. The maximum absolute atomic E-state index is 12.5. The van der Waals surface area contributed by atoms with Gasteiger partial charge in [-0.15, -0.1) is 0 Å². The summed E-state index contributed by atoms with van der Waals surface area (Å²) in [7, 11) is 0. The van der Waals surface area contributed by atoms with Crippen molar-refractivity contribution in [1.82, 2.24) is 5.32 Å². The van der Waals surface area contributed by atoms with Crippen LogP contribution < -0.4 is 5.32 Å². The molecule has 374 valence electrons. The maximum atomic E-state index is 12.5. The third-order valence-electron chi connectivity index (χ3n) is 13.7. The first-order valence-electron chi connectivity index (χ1n) is 29.1. The molecule has 0 aromatic heterocycles. The predicted octanol–water partition coefficient (Wildman–Crippen LogP) is 19.1. The normalized spacial score (nSPS) is 12.9. The second-order valence-corrected chi connectivity index (χ2v) is 20.1. The summed E-state index contributed by atoms with van der Waals surface area (Å²) in [5.41, 5.74) is 0. The third-order valence-corrected chi connectivity index (χ3v) is 13.7. The van der Waals surface area contributed by atoms with Crippen LogP contribution in [0.2, 0.25) is 0 Å². The Balaban J connectivity index is 3.48. The van der Waals surface area contributed by atoms with E-state index in [0.29, 0.717) is 6.42 Å². The highest BCUT2D eigenvalue weighted by Crippen LogP contribution is 2.18. The second kappa shape index (κ2) is 55.2. The van der Waals surface area contributed by atoms with Gasteiger partial charge >= 0.3 is 0 Å². The quantitative estimate of drug-likeness (QED) is 0.0421. The summed E-state index contributed by atoms with van der Waals surface area (Å²) >= 11 is 0. The Morgan fingerprint density at radius 2 is 0.619 bits per heavy atom. The van der Waals surface area contributed by atoms with Crippen LogP contribution in [0.4, 0.5) is 0 Å². The fourth-order valence-electron chi connectivity index (χ4n) is 9.26. The van der Waals surface area contributed by atoms with Crippen LogP contribution in [0.5, 0.6) is 0 Å². The average molecular weight is 887 g/mol. The molecule has 0 aromatic rings. The van der Waals surface area contributed by atoms with Crippen molar-refractivity contribution in [2.24, 2.45) is 0 Å². The van der Waals surface area contributed by atoms with Crippen molar-refractivity contribution in [2.75, 3.05) is 6.61 Å². The molecule has 0 spiro atoms. The predicted molar refractivity (Wildman–Crippen MR) is 281 cm³/mol. The lowest BCUT2D eigenvalue weighted by molar-refractivity contribution is -0.123. The van der Waals surface area contributed by atoms with Gasteiger partial charge in [-0.05, 0) is 32.1 Å². The highest BCUT2D eigenvalue weighted by molar-refractivity contribution is 5.76. The van der Waals surface area contributed by atoms with Gasteiger partial charge in [-0.3, -0.25) is 4.79 Å². The van der Waals surface area contributed by atoms with E-state index >= 15 is 0 Å². The van der Waals surface area contributed by atoms with Gasteiger partial charge in [0, 0.05) is 6.42 Å². The molecule has 2 atom stereocenters. The van der Waals surface area contributed by atoms with E-state index in [2.05, 4.69) is 31.3 Å². The largest absolute Gasteiger partial charge is 0.394 e. The number of unbranched alkanes of at least 4 members (excludes halogenated alkanes) is 45. The molecule has 0 saturated heterocycles. The van der Waals surface area contributed by atoms with Crippen LogP contribution in [-0.4, -0.2) is 34.9 Å². The van der Waals surface area contributed by atoms with Gasteiger partial charge < -0.3 is 15.5 Å². The number of hydrogen-bond donors (Lipinski definition) is 3. The smallest absolute Gasteiger partial charge is 0.220 e. The zero-order chi connectivity index (χ0) is 45.6. The standard InChI is InChI=1S/C59H115NO3/c1-3-5-7-9-11-13-15-17-19-21-23-25-27-29-31-33-35-37-39-41-43-45-47-49-51-53-55-59(63)60-57(56-61)58(62)54-52-50-48-46-44-42-40-38-36-34-32-30-28-26-24-22-20-18-16-14-12-10-8-6-4-2/h44,46,52,54,57-58,61-62H,3-43,45,47-51,53,55-56H2,1-2H3,(H,60,63)/b46-44+,54-52+. The van der Waals surface area contributed by atoms with Crippen molar-refractivity contribution in [3.05, 3.63) is 24.3 Å². The van der Waals surface area contributed by atoms with E-state index in [9.17, 15) is 15.0 Å². The van der Waals surface area contributed by atoms with Gasteiger partial charge in [-0.1, -0.05) is 314 Å². The molecular formula is C59H115NO3. The molecule has 1 amide bonds. The minimum Gasteiger partial charge on any atom is -0.394 e. The first-order valence-corrected chi connectivity index (χ1v) is 29.1. The van der Waals surface area contributed by atoms with Gasteiger partial charge in [0.2, 0.25) is 5.91 Å². The van der Waals surface area contributed by atoms with E-state index in [1.165, 1.54) is 276 Å². The van der Waals surface area contributed by atoms with Crippen LogP contribution in [0.25, 0.3) is 0 Å². The second-order valence-electron chi connectivity index (χ2n) is 20.1. The number of allylic oxidation sites excluding steroid dienone is 3. The summed E-state index contributed by atoms with van der Waals surface area (Å²) in [6, 6.07) is -0.636. The van der Waals surface area contributed by atoms with Crippen LogP contribution in [-0.2, 0) is 4.79 Å². The van der Waals surface area contributed by atoms with E-state index in [1.807, 2.05) is 6.08 Å². The number of aliphatic hydroxyl groups excluding tert-OH is 2. The molecule has 63 heavy (non-hydrogen) atoms. The van der Waals surface area contributed by atoms with Crippen LogP contribution >= 0.6 is 0 Å². The Labute approximate surface area is 396 Å². The molecule has 0 aliphatic heterocycles. The fourth-order valence-corrected chi connectivity index (χ4v) is 9.26. The number of amides is 1. The van der Waals surface area contributed by atoms with Crippen LogP contribution in [0.15, 0.2) is 24.3 Å². The minimum atomic E-state index is -0.860. The molecule has 4 heteroatoms. The highest BCUT2D eigenvalue weighted by Gasteiger charge is 2.18. The topological polar surface area (TPSA) is 69.6 Å². The Morgan fingerprint density at radius 1 is 0.365 bits per heavy atom. The van der Waals surface area contributed by atoms with Gasteiger partial charge in [-0.2, -0.15) is 0 Å². The van der Waals surface area contributed by atoms with E-state index in [-0.39, 0.29) is 12.5 Å². The van der Waals surface area contributed by atoms with Gasteiger partial charge in [0.15, 0.2) is 0 Å². The van der Waals surface area contributed by atoms with E-state index in [1.54, 1.807) is 6.08 Å². The molecule has 0 fully saturated rings. The Kier molecular flexibility index (Phi) is 54.2. The molecule has 0 rings (SSSR count). The number of aliphatic hydroxyl groups is 2. The summed E-state index contributed by atoms with van der Waals surface area (Å²) in [4.78, 5) is 12.5. The first-order chi connectivity index (χ1) is 31.2. The van der Waals surface area contributed by atoms with Gasteiger partial charge in [0.1, 0.15) is 0 Å². The third kappa shape index (κ3) is 51.7. The number of rotatable bonds is 54. The average Bonchev–Trinajstić information content (AvgIpc) is 3.29. The van der Waals surface area contributed by atoms with Crippen LogP contribution in [0, 0.1) is 0 Å². The summed E-state index contributed by atoms with van der Waals surface area (Å²) in [6.07, 6.45) is 73.5. The van der Waals surface area contributed by atoms with Crippen molar-refractivity contribution in [2.45, 2.75) is 341 Å². The molecule has 3 N–H and O–H groups in total. The first kappa shape index (κ1) is 61.9. The fraction of sp³-hybridized carbons (Fsp3) is 0.915. The zero-order valence-electron chi connectivity index (χ0n) is 43.1.